The van der Waals surface area contributed by atoms with Gasteiger partial charge in [-0.3, -0.25) is 15.4 Å². The highest BCUT2D eigenvalue weighted by atomic mass is 35.5. The van der Waals surface area contributed by atoms with E-state index in [1.54, 1.807) is 10.6 Å². The van der Waals surface area contributed by atoms with Gasteiger partial charge in [0, 0.05) is 0 Å². The largest absolute Gasteiger partial charge is 0.436 e. The zero-order valence-electron chi connectivity index (χ0n) is 7.97. The van der Waals surface area contributed by atoms with Crippen molar-refractivity contribution in [3.8, 4) is 0 Å². The van der Waals surface area contributed by atoms with Gasteiger partial charge >= 0.3 is 18.2 Å². The third kappa shape index (κ3) is 3.94. The first kappa shape index (κ1) is 13.3. The fourth-order valence-electron chi connectivity index (χ4n) is 0.750. The lowest BCUT2D eigenvalue weighted by Gasteiger charge is -2.01. The second-order valence-electron chi connectivity index (χ2n) is 2.67. The van der Waals surface area contributed by atoms with Crippen molar-refractivity contribution < 1.29 is 27.2 Å². The average molecular weight is 272 g/mol. The minimum atomic E-state index is -4.67. The predicted molar refractivity (Wildman–Crippen MR) is 49.4 cm³/mol. The summed E-state index contributed by atoms with van der Waals surface area (Å²) >= 11 is 5.08. The van der Waals surface area contributed by atoms with E-state index in [9.17, 15) is 22.8 Å². The number of amides is 3. The molecule has 1 heterocycles. The molecule has 10 heteroatoms. The molecular formula is C7H5ClF3N3O3. The zero-order valence-corrected chi connectivity index (χ0v) is 8.72. The number of nitrogens with one attached hydrogen (secondary N) is 2. The molecule has 1 aromatic rings. The quantitative estimate of drug-likeness (QED) is 0.800. The van der Waals surface area contributed by atoms with Crippen molar-refractivity contribution in [3.63, 3.8) is 0 Å². The van der Waals surface area contributed by atoms with E-state index in [4.69, 9.17) is 11.6 Å². The lowest BCUT2D eigenvalue weighted by Crippen LogP contribution is -2.35. The lowest BCUT2D eigenvalue weighted by molar-refractivity contribution is -0.141. The molecule has 1 rings (SSSR count). The first-order chi connectivity index (χ1) is 7.82. The number of rotatable bonds is 2. The first-order valence-electron chi connectivity index (χ1n) is 4.02. The number of anilines is 1. The van der Waals surface area contributed by atoms with Gasteiger partial charge in [0.25, 0.3) is 0 Å². The Balaban J connectivity index is 2.61. The van der Waals surface area contributed by atoms with Crippen LogP contribution in [0, 0.1) is 0 Å². The molecule has 0 fully saturated rings. The number of carbonyl (C=O) groups is 2. The summed E-state index contributed by atoms with van der Waals surface area (Å²) in [6, 6.07) is -1.77. The van der Waals surface area contributed by atoms with Crippen molar-refractivity contribution in [1.82, 2.24) is 10.3 Å². The standard InChI is InChI=1S/C7H5ClF3N3O3/c8-1-4(15)13-5(16)14-6-12-3(2-17-6)7(9,10)11/h2H,1H2,(H2,12,13,14,15,16). The van der Waals surface area contributed by atoms with E-state index in [0.29, 0.717) is 6.26 Å². The third-order valence-electron chi connectivity index (χ3n) is 1.39. The van der Waals surface area contributed by atoms with E-state index in [-0.39, 0.29) is 0 Å². The van der Waals surface area contributed by atoms with Crippen molar-refractivity contribution in [2.24, 2.45) is 0 Å². The third-order valence-corrected chi connectivity index (χ3v) is 1.63. The molecule has 6 nitrogen and oxygen atoms in total. The summed E-state index contributed by atoms with van der Waals surface area (Å²) in [5.41, 5.74) is -1.29. The number of hydrogen-bond donors (Lipinski definition) is 2. The van der Waals surface area contributed by atoms with Gasteiger partial charge in [0.2, 0.25) is 5.91 Å². The van der Waals surface area contributed by atoms with E-state index >= 15 is 0 Å². The molecule has 0 saturated heterocycles. The van der Waals surface area contributed by atoms with Crippen molar-refractivity contribution in [3.05, 3.63) is 12.0 Å². The Labute approximate surface area is 97.1 Å². The molecule has 0 aromatic carbocycles. The first-order valence-corrected chi connectivity index (χ1v) is 4.56. The lowest BCUT2D eigenvalue weighted by atomic mass is 10.5. The highest BCUT2D eigenvalue weighted by Gasteiger charge is 2.35. The normalized spacial score (nSPS) is 11.1. The van der Waals surface area contributed by atoms with Crippen molar-refractivity contribution in [2.45, 2.75) is 6.18 Å². The molecule has 0 aliphatic heterocycles. The van der Waals surface area contributed by atoms with Gasteiger partial charge in [0.05, 0.1) is 0 Å². The minimum Gasteiger partial charge on any atom is -0.431 e. The fourth-order valence-corrected chi connectivity index (χ4v) is 0.817. The summed E-state index contributed by atoms with van der Waals surface area (Å²) in [4.78, 5) is 24.5. The van der Waals surface area contributed by atoms with Crippen LogP contribution >= 0.6 is 11.6 Å². The molecule has 0 atom stereocenters. The number of aromatic nitrogens is 1. The van der Waals surface area contributed by atoms with Gasteiger partial charge in [-0.1, -0.05) is 0 Å². The van der Waals surface area contributed by atoms with Crippen molar-refractivity contribution >= 4 is 29.6 Å². The Kier molecular flexibility index (Phi) is 3.94. The SMILES string of the molecule is O=C(CCl)NC(=O)Nc1nc(C(F)(F)F)co1. The second kappa shape index (κ2) is 5.04. The monoisotopic (exact) mass is 271 g/mol. The van der Waals surface area contributed by atoms with E-state index in [2.05, 4.69) is 9.40 Å². The topological polar surface area (TPSA) is 84.2 Å². The van der Waals surface area contributed by atoms with Crippen LogP contribution in [-0.2, 0) is 11.0 Å². The molecule has 3 amide bonds. The molecule has 0 unspecified atom stereocenters. The Morgan fingerprint density at radius 3 is 2.59 bits per heavy atom. The number of alkyl halides is 4. The summed E-state index contributed by atoms with van der Waals surface area (Å²) in [7, 11) is 0. The number of carbonyl (C=O) groups excluding carboxylic acids is 2. The van der Waals surface area contributed by atoms with E-state index in [1.165, 1.54) is 0 Å². The highest BCUT2D eigenvalue weighted by molar-refractivity contribution is 6.28. The van der Waals surface area contributed by atoms with E-state index in [0.717, 1.165) is 0 Å². The Bertz CT molecular complexity index is 431. The van der Waals surface area contributed by atoms with Crippen LogP contribution in [0.5, 0.6) is 0 Å². The van der Waals surface area contributed by atoms with Gasteiger partial charge in [-0.15, -0.1) is 11.6 Å². The minimum absolute atomic E-state index is 0.332. The van der Waals surface area contributed by atoms with Crippen LogP contribution in [0.15, 0.2) is 10.7 Å². The Morgan fingerprint density at radius 1 is 1.47 bits per heavy atom. The molecule has 0 saturated carbocycles. The summed E-state index contributed by atoms with van der Waals surface area (Å²) in [6.07, 6.45) is -4.34. The number of nitrogens with zero attached hydrogens (tertiary/aromatic N) is 1. The molecule has 0 bridgehead atoms. The summed E-state index contributed by atoms with van der Waals surface area (Å²) in [6.45, 7) is 0. The Hall–Kier alpha value is -1.77. The van der Waals surface area contributed by atoms with Crippen LogP contribution in [0.1, 0.15) is 5.69 Å². The maximum Gasteiger partial charge on any atom is 0.436 e. The van der Waals surface area contributed by atoms with Crippen LogP contribution in [0.25, 0.3) is 0 Å². The van der Waals surface area contributed by atoms with Gasteiger partial charge < -0.3 is 4.42 Å². The molecule has 2 N–H and O–H groups in total. The number of imide groups is 1. The summed E-state index contributed by atoms with van der Waals surface area (Å²) in [5.74, 6) is -1.28. The van der Waals surface area contributed by atoms with Crippen molar-refractivity contribution in [1.29, 1.82) is 0 Å². The molecule has 1 aromatic heterocycles. The number of oxazole rings is 1. The van der Waals surface area contributed by atoms with Crippen LogP contribution in [-0.4, -0.2) is 22.8 Å². The van der Waals surface area contributed by atoms with Crippen molar-refractivity contribution in [2.75, 3.05) is 11.2 Å². The molecule has 0 spiro atoms. The van der Waals surface area contributed by atoms with E-state index in [1.807, 2.05) is 0 Å². The van der Waals surface area contributed by atoms with Crippen LogP contribution in [0.2, 0.25) is 0 Å². The van der Waals surface area contributed by atoms with Gasteiger partial charge in [-0.05, 0) is 0 Å². The zero-order chi connectivity index (χ0) is 13.1. The molecule has 94 valence electrons. The van der Waals surface area contributed by atoms with Crippen LogP contribution < -0.4 is 10.6 Å². The maximum absolute atomic E-state index is 12.1. The number of urea groups is 1. The molecule has 0 aliphatic rings. The smallest absolute Gasteiger partial charge is 0.431 e. The maximum atomic E-state index is 12.1. The molecule has 0 radical (unpaired) electrons. The number of hydrogen-bond acceptors (Lipinski definition) is 4. The summed E-state index contributed by atoms with van der Waals surface area (Å²) in [5, 5.41) is 3.52. The van der Waals surface area contributed by atoms with Crippen LogP contribution in [0.4, 0.5) is 24.0 Å². The second-order valence-corrected chi connectivity index (χ2v) is 2.94. The van der Waals surface area contributed by atoms with Gasteiger partial charge in [-0.25, -0.2) is 4.79 Å². The summed E-state index contributed by atoms with van der Waals surface area (Å²) < 4.78 is 40.6. The molecule has 17 heavy (non-hydrogen) atoms. The predicted octanol–water partition coefficient (Wildman–Crippen LogP) is 1.58. The molecule has 0 aliphatic carbocycles. The van der Waals surface area contributed by atoms with Gasteiger partial charge in [0.1, 0.15) is 12.1 Å². The van der Waals surface area contributed by atoms with E-state index < -0.39 is 35.7 Å². The molecular weight excluding hydrogens is 267 g/mol. The fraction of sp³-hybridized carbons (Fsp3) is 0.286. The van der Waals surface area contributed by atoms with Crippen LogP contribution in [0.3, 0.4) is 0 Å². The average Bonchev–Trinajstić information content (AvgIpc) is 2.65. The van der Waals surface area contributed by atoms with Gasteiger partial charge in [-0.2, -0.15) is 18.2 Å². The Morgan fingerprint density at radius 2 is 2.12 bits per heavy atom. The number of halogens is 4. The highest BCUT2D eigenvalue weighted by Crippen LogP contribution is 2.29. The van der Waals surface area contributed by atoms with Gasteiger partial charge in [0.15, 0.2) is 5.69 Å².